The fourth-order valence-corrected chi connectivity index (χ4v) is 2.48. The van der Waals surface area contributed by atoms with Gasteiger partial charge >= 0.3 is 0 Å². The molecule has 2 atom stereocenters. The number of anilines is 1. The van der Waals surface area contributed by atoms with Crippen LogP contribution in [0.5, 0.6) is 5.75 Å². The van der Waals surface area contributed by atoms with Crippen molar-refractivity contribution in [2.75, 3.05) is 25.1 Å². The van der Waals surface area contributed by atoms with E-state index in [1.54, 1.807) is 11.9 Å². The van der Waals surface area contributed by atoms with Crippen molar-refractivity contribution in [3.05, 3.63) is 23.8 Å². The average Bonchev–Trinajstić information content (AvgIpc) is 2.79. The Bertz CT molecular complexity index is 503. The molecule has 0 bridgehead atoms. The second-order valence-electron chi connectivity index (χ2n) is 4.95. The van der Waals surface area contributed by atoms with E-state index < -0.39 is 0 Å². The maximum absolute atomic E-state index is 11.9. The highest BCUT2D eigenvalue weighted by molar-refractivity contribution is 5.95. The van der Waals surface area contributed by atoms with Crippen LogP contribution in [0.1, 0.15) is 25.0 Å². The van der Waals surface area contributed by atoms with Crippen LogP contribution in [0.2, 0.25) is 0 Å². The van der Waals surface area contributed by atoms with Crippen molar-refractivity contribution >= 4 is 11.6 Å². The molecule has 1 fully saturated rings. The molecule has 0 saturated carbocycles. The van der Waals surface area contributed by atoms with E-state index in [0.29, 0.717) is 13.0 Å². The van der Waals surface area contributed by atoms with Crippen molar-refractivity contribution in [2.24, 2.45) is 0 Å². The Morgan fingerprint density at radius 1 is 1.42 bits per heavy atom. The van der Waals surface area contributed by atoms with E-state index in [-0.39, 0.29) is 18.2 Å². The van der Waals surface area contributed by atoms with Gasteiger partial charge in [-0.05, 0) is 24.6 Å². The summed E-state index contributed by atoms with van der Waals surface area (Å²) in [5, 5.41) is 3.25. The summed E-state index contributed by atoms with van der Waals surface area (Å²) in [5.74, 6) is 0.839. The van der Waals surface area contributed by atoms with Gasteiger partial charge in [0, 0.05) is 13.6 Å². The van der Waals surface area contributed by atoms with Crippen molar-refractivity contribution in [2.45, 2.75) is 25.7 Å². The lowest BCUT2D eigenvalue weighted by Crippen LogP contribution is -2.25. The van der Waals surface area contributed by atoms with E-state index in [2.05, 4.69) is 5.32 Å². The van der Waals surface area contributed by atoms with Gasteiger partial charge in [0.25, 0.3) is 0 Å². The first-order valence-corrected chi connectivity index (χ1v) is 6.57. The lowest BCUT2D eigenvalue weighted by molar-refractivity contribution is -0.118. The molecule has 0 radical (unpaired) electrons. The van der Waals surface area contributed by atoms with Gasteiger partial charge in [-0.15, -0.1) is 0 Å². The number of hydrogen-bond acceptors (Lipinski definition) is 4. The van der Waals surface area contributed by atoms with Gasteiger partial charge in [-0.3, -0.25) is 10.1 Å². The average molecular weight is 262 g/mol. The minimum Gasteiger partial charge on any atom is -0.491 e. The third-order valence-corrected chi connectivity index (χ3v) is 3.62. The Balaban J connectivity index is 1.93. The van der Waals surface area contributed by atoms with E-state index in [1.807, 2.05) is 25.1 Å². The molecule has 0 aliphatic carbocycles. The first-order chi connectivity index (χ1) is 9.15. The zero-order valence-corrected chi connectivity index (χ0v) is 11.2. The summed E-state index contributed by atoms with van der Waals surface area (Å²) in [6.07, 6.45) is 0.519. The molecule has 2 unspecified atom stereocenters. The van der Waals surface area contributed by atoms with Crippen LogP contribution in [0.15, 0.2) is 18.2 Å². The molecule has 19 heavy (non-hydrogen) atoms. The number of benzene rings is 1. The zero-order valence-electron chi connectivity index (χ0n) is 11.2. The highest BCUT2D eigenvalue weighted by atomic mass is 16.5. The molecule has 1 saturated heterocycles. The normalized spacial score (nSPS) is 26.8. The molecule has 0 spiro atoms. The topological polar surface area (TPSA) is 50.8 Å². The largest absolute Gasteiger partial charge is 0.491 e. The summed E-state index contributed by atoms with van der Waals surface area (Å²) in [6.45, 7) is 3.22. The molecule has 2 aliphatic rings. The molecule has 5 heteroatoms. The van der Waals surface area contributed by atoms with Crippen molar-refractivity contribution in [1.82, 2.24) is 5.32 Å². The quantitative estimate of drug-likeness (QED) is 0.832. The Morgan fingerprint density at radius 2 is 2.26 bits per heavy atom. The van der Waals surface area contributed by atoms with E-state index >= 15 is 0 Å². The van der Waals surface area contributed by atoms with Crippen molar-refractivity contribution in [3.8, 4) is 5.75 Å². The number of carbonyl (C=O) groups is 1. The number of ether oxygens (including phenoxy) is 2. The van der Waals surface area contributed by atoms with E-state index in [9.17, 15) is 4.79 Å². The van der Waals surface area contributed by atoms with Crippen LogP contribution >= 0.6 is 0 Å². The highest BCUT2D eigenvalue weighted by Gasteiger charge is 2.26. The summed E-state index contributed by atoms with van der Waals surface area (Å²) in [6, 6.07) is 5.92. The van der Waals surface area contributed by atoms with Crippen LogP contribution in [-0.2, 0) is 9.53 Å². The summed E-state index contributed by atoms with van der Waals surface area (Å²) in [5.41, 5.74) is 1.89. The maximum Gasteiger partial charge on any atom is 0.230 e. The number of amides is 1. The molecule has 1 aromatic rings. The Kier molecular flexibility index (Phi) is 3.16. The molecule has 2 heterocycles. The number of hydrogen-bond donors (Lipinski definition) is 1. The van der Waals surface area contributed by atoms with Gasteiger partial charge in [0.1, 0.15) is 12.0 Å². The molecular formula is C14H18N2O3. The van der Waals surface area contributed by atoms with Crippen LogP contribution in [0.3, 0.4) is 0 Å². The summed E-state index contributed by atoms with van der Waals surface area (Å²) in [4.78, 5) is 13.5. The SMILES string of the molecule is CC1NCC(c2ccc3c(c2)N(C)C(=O)CCO3)O1. The van der Waals surface area contributed by atoms with Crippen LogP contribution < -0.4 is 15.0 Å². The highest BCUT2D eigenvalue weighted by Crippen LogP contribution is 2.34. The number of rotatable bonds is 1. The minimum atomic E-state index is 0.0343. The number of fused-ring (bicyclic) bond motifs is 1. The van der Waals surface area contributed by atoms with Gasteiger partial charge in [0.15, 0.2) is 0 Å². The van der Waals surface area contributed by atoms with Crippen molar-refractivity contribution in [3.63, 3.8) is 0 Å². The Hall–Kier alpha value is -1.59. The van der Waals surface area contributed by atoms with Crippen molar-refractivity contribution in [1.29, 1.82) is 0 Å². The molecule has 1 amide bonds. The van der Waals surface area contributed by atoms with Crippen LogP contribution in [-0.4, -0.2) is 32.3 Å². The molecule has 2 aliphatic heterocycles. The smallest absolute Gasteiger partial charge is 0.230 e. The van der Waals surface area contributed by atoms with Gasteiger partial charge in [0.2, 0.25) is 5.91 Å². The molecule has 102 valence electrons. The molecule has 1 aromatic carbocycles. The number of nitrogens with zero attached hydrogens (tertiary/aromatic N) is 1. The molecule has 1 N–H and O–H groups in total. The van der Waals surface area contributed by atoms with E-state index in [4.69, 9.17) is 9.47 Å². The molecular weight excluding hydrogens is 244 g/mol. The third-order valence-electron chi connectivity index (χ3n) is 3.62. The summed E-state index contributed by atoms with van der Waals surface area (Å²) >= 11 is 0. The van der Waals surface area contributed by atoms with Crippen LogP contribution in [0.4, 0.5) is 5.69 Å². The second-order valence-corrected chi connectivity index (χ2v) is 4.95. The lowest BCUT2D eigenvalue weighted by Gasteiger charge is -2.19. The predicted molar refractivity (Wildman–Crippen MR) is 71.3 cm³/mol. The summed E-state index contributed by atoms with van der Waals surface area (Å²) < 4.78 is 11.4. The summed E-state index contributed by atoms with van der Waals surface area (Å²) in [7, 11) is 1.79. The first-order valence-electron chi connectivity index (χ1n) is 6.57. The molecule has 0 aromatic heterocycles. The number of carbonyl (C=O) groups excluding carboxylic acids is 1. The number of nitrogens with one attached hydrogen (secondary N) is 1. The van der Waals surface area contributed by atoms with Crippen LogP contribution in [0, 0.1) is 0 Å². The fraction of sp³-hybridized carbons (Fsp3) is 0.500. The van der Waals surface area contributed by atoms with Gasteiger partial charge in [0.05, 0.1) is 24.8 Å². The van der Waals surface area contributed by atoms with Gasteiger partial charge in [-0.1, -0.05) is 6.07 Å². The Labute approximate surface area is 112 Å². The van der Waals surface area contributed by atoms with Gasteiger partial charge in [-0.25, -0.2) is 0 Å². The van der Waals surface area contributed by atoms with Crippen LogP contribution in [0.25, 0.3) is 0 Å². The fourth-order valence-electron chi connectivity index (χ4n) is 2.48. The second kappa shape index (κ2) is 4.83. The first kappa shape index (κ1) is 12.4. The predicted octanol–water partition coefficient (Wildman–Crippen LogP) is 1.44. The standard InChI is InChI=1S/C14H18N2O3/c1-9-15-8-13(19-9)10-3-4-12-11(7-10)16(2)14(17)5-6-18-12/h3-4,7,9,13,15H,5-6,8H2,1-2H3. The Morgan fingerprint density at radius 3 is 3.00 bits per heavy atom. The monoisotopic (exact) mass is 262 g/mol. The lowest BCUT2D eigenvalue weighted by atomic mass is 10.1. The molecule has 3 rings (SSSR count). The zero-order chi connectivity index (χ0) is 13.4. The maximum atomic E-state index is 11.9. The minimum absolute atomic E-state index is 0.0343. The van der Waals surface area contributed by atoms with Gasteiger partial charge in [-0.2, -0.15) is 0 Å². The van der Waals surface area contributed by atoms with E-state index in [0.717, 1.165) is 23.5 Å². The third kappa shape index (κ3) is 2.31. The molecule has 5 nitrogen and oxygen atoms in total. The van der Waals surface area contributed by atoms with Gasteiger partial charge < -0.3 is 14.4 Å². The van der Waals surface area contributed by atoms with Crippen molar-refractivity contribution < 1.29 is 14.3 Å². The van der Waals surface area contributed by atoms with E-state index in [1.165, 1.54) is 0 Å².